The predicted octanol–water partition coefficient (Wildman–Crippen LogP) is -2.53. The maximum Gasteiger partial charge on any atom is 0.336 e. The second-order valence-electron chi connectivity index (χ2n) is 3.72. The van der Waals surface area contributed by atoms with Crippen LogP contribution < -0.4 is 32.4 Å². The summed E-state index contributed by atoms with van der Waals surface area (Å²) in [5.74, 6) is -0.0833. The molecule has 8 N–H and O–H groups in total. The fourth-order valence-electron chi connectivity index (χ4n) is 1.40. The van der Waals surface area contributed by atoms with Crippen molar-refractivity contribution in [1.82, 2.24) is 0 Å². The van der Waals surface area contributed by atoms with Crippen LogP contribution in [0.5, 0.6) is 0 Å². The Bertz CT molecular complexity index is 528. The highest BCUT2D eigenvalue weighted by atomic mass is 31.2. The minimum atomic E-state index is -3.65. The van der Waals surface area contributed by atoms with Crippen LogP contribution in [0.15, 0.2) is 60.7 Å². The van der Waals surface area contributed by atoms with Gasteiger partial charge in [0.1, 0.15) is 0 Å². The van der Waals surface area contributed by atoms with E-state index >= 15 is 0 Å². The molecule has 0 aliphatic heterocycles. The molecule has 0 bridgehead atoms. The minimum absolute atomic E-state index is 0. The van der Waals surface area contributed by atoms with Crippen molar-refractivity contribution in [3.8, 4) is 0 Å². The first kappa shape index (κ1) is 17.9. The molecule has 7 heteroatoms. The molecule has 0 fully saturated rings. The lowest BCUT2D eigenvalue weighted by Gasteiger charge is -2.23. The zero-order chi connectivity index (χ0) is 14.3. The van der Waals surface area contributed by atoms with Crippen LogP contribution in [0.1, 0.15) is 0 Å². The van der Waals surface area contributed by atoms with E-state index in [2.05, 4.69) is 16.9 Å². The zero-order valence-corrected chi connectivity index (χ0v) is 11.7. The van der Waals surface area contributed by atoms with E-state index in [0.717, 1.165) is 0 Å². The molecular weight excluding hydrogens is 277 g/mol. The lowest BCUT2D eigenvalue weighted by molar-refractivity contribution is -0.167. The molecule has 108 valence electrons. The van der Waals surface area contributed by atoms with E-state index in [1.54, 1.807) is 60.7 Å². The second-order valence-corrected chi connectivity index (χ2v) is 5.86. The average Bonchev–Trinajstić information content (AvgIpc) is 2.40. The van der Waals surface area contributed by atoms with E-state index < -0.39 is 7.37 Å². The predicted molar refractivity (Wildman–Crippen MR) is 78.7 cm³/mol. The van der Waals surface area contributed by atoms with Crippen molar-refractivity contribution in [2.45, 2.75) is 0 Å². The van der Waals surface area contributed by atoms with Gasteiger partial charge in [0.25, 0.3) is 0 Å². The van der Waals surface area contributed by atoms with E-state index in [0.29, 0.717) is 10.6 Å². The molecule has 0 aromatic heterocycles. The van der Waals surface area contributed by atoms with Gasteiger partial charge in [-0.2, -0.15) is 0 Å². The van der Waals surface area contributed by atoms with Crippen molar-refractivity contribution < 1.29 is 20.3 Å². The van der Waals surface area contributed by atoms with Gasteiger partial charge in [-0.3, -0.25) is 16.9 Å². The highest BCUT2D eigenvalue weighted by Crippen LogP contribution is 2.32. The van der Waals surface area contributed by atoms with Gasteiger partial charge in [-0.1, -0.05) is 60.7 Å². The Balaban J connectivity index is 0.000000644. The third-order valence-electron chi connectivity index (χ3n) is 2.19. The van der Waals surface area contributed by atoms with Crippen LogP contribution in [-0.2, 0) is 4.57 Å². The SMILES string of the molecule is NC(N)=[NH2+].O.O=P([O-])(c1ccccc1)c1ccccc1. The van der Waals surface area contributed by atoms with Crippen LogP contribution in [0.2, 0.25) is 0 Å². The minimum Gasteiger partial charge on any atom is -0.793 e. The van der Waals surface area contributed by atoms with E-state index in [4.69, 9.17) is 0 Å². The first-order chi connectivity index (χ1) is 8.94. The molecule has 2 rings (SSSR count). The van der Waals surface area contributed by atoms with Crippen LogP contribution in [0.4, 0.5) is 0 Å². The van der Waals surface area contributed by atoms with Crippen molar-refractivity contribution >= 4 is 23.9 Å². The molecule has 0 aliphatic carbocycles. The number of hydrogen-bond donors (Lipinski definition) is 3. The molecule has 6 nitrogen and oxygen atoms in total. The summed E-state index contributed by atoms with van der Waals surface area (Å²) in [4.78, 5) is 12.1. The Labute approximate surface area is 117 Å². The number of benzene rings is 2. The summed E-state index contributed by atoms with van der Waals surface area (Å²) in [6.07, 6.45) is 0. The fraction of sp³-hybridized carbons (Fsp3) is 0. The van der Waals surface area contributed by atoms with Crippen LogP contribution in [0.3, 0.4) is 0 Å². The molecule has 2 aromatic rings. The molecule has 0 amide bonds. The van der Waals surface area contributed by atoms with Gasteiger partial charge in [-0.15, -0.1) is 0 Å². The lowest BCUT2D eigenvalue weighted by atomic mass is 10.4. The van der Waals surface area contributed by atoms with Crippen LogP contribution in [0.25, 0.3) is 0 Å². The number of nitrogens with two attached hydrogens (primary N) is 3. The van der Waals surface area contributed by atoms with E-state index in [1.165, 1.54) is 0 Å². The second kappa shape index (κ2) is 8.12. The Kier molecular flexibility index (Phi) is 7.25. The number of rotatable bonds is 2. The quantitative estimate of drug-likeness (QED) is 0.318. The van der Waals surface area contributed by atoms with Gasteiger partial charge in [0.15, 0.2) is 0 Å². The molecule has 0 spiro atoms. The van der Waals surface area contributed by atoms with Crippen LogP contribution in [-0.4, -0.2) is 11.4 Å². The van der Waals surface area contributed by atoms with E-state index in [1.807, 2.05) is 0 Å². The maximum atomic E-state index is 12.1. The summed E-state index contributed by atoms with van der Waals surface area (Å²) in [6.45, 7) is 0. The topological polar surface area (TPSA) is 149 Å². The molecular formula is C13H18N3O3P. The summed E-state index contributed by atoms with van der Waals surface area (Å²) in [5, 5.41) is 5.30. The summed E-state index contributed by atoms with van der Waals surface area (Å²) in [7, 11) is -3.65. The van der Waals surface area contributed by atoms with Gasteiger partial charge in [0.05, 0.1) is 7.37 Å². The average molecular weight is 295 g/mol. The Morgan fingerprint density at radius 1 is 0.900 bits per heavy atom. The van der Waals surface area contributed by atoms with E-state index in [9.17, 15) is 9.46 Å². The summed E-state index contributed by atoms with van der Waals surface area (Å²) in [5.41, 5.74) is 9.17. The van der Waals surface area contributed by atoms with Crippen molar-refractivity contribution in [1.29, 1.82) is 0 Å². The van der Waals surface area contributed by atoms with Crippen LogP contribution >= 0.6 is 7.37 Å². The molecule has 0 atom stereocenters. The van der Waals surface area contributed by atoms with Crippen molar-refractivity contribution in [3.05, 3.63) is 60.7 Å². The van der Waals surface area contributed by atoms with Gasteiger partial charge in [0.2, 0.25) is 0 Å². The summed E-state index contributed by atoms with van der Waals surface area (Å²) < 4.78 is 12.1. The van der Waals surface area contributed by atoms with Gasteiger partial charge in [0, 0.05) is 10.6 Å². The van der Waals surface area contributed by atoms with Crippen molar-refractivity contribution in [3.63, 3.8) is 0 Å². The van der Waals surface area contributed by atoms with Crippen LogP contribution in [0, 0.1) is 0 Å². The van der Waals surface area contributed by atoms with Gasteiger partial charge in [-0.25, -0.2) is 0 Å². The Morgan fingerprint density at radius 3 is 1.40 bits per heavy atom. The first-order valence-electron chi connectivity index (χ1n) is 5.50. The van der Waals surface area contributed by atoms with Crippen molar-refractivity contribution in [2.24, 2.45) is 11.5 Å². The highest BCUT2D eigenvalue weighted by molar-refractivity contribution is 7.72. The molecule has 20 heavy (non-hydrogen) atoms. The molecule has 0 radical (unpaired) electrons. The number of hydrogen-bond acceptors (Lipinski definition) is 2. The molecule has 0 saturated carbocycles. The lowest BCUT2D eigenvalue weighted by Crippen LogP contribution is -2.51. The van der Waals surface area contributed by atoms with E-state index in [-0.39, 0.29) is 11.4 Å². The summed E-state index contributed by atoms with van der Waals surface area (Å²) >= 11 is 0. The maximum absolute atomic E-state index is 12.1. The smallest absolute Gasteiger partial charge is 0.336 e. The number of guanidine groups is 1. The first-order valence-corrected chi connectivity index (χ1v) is 7.12. The largest absolute Gasteiger partial charge is 0.793 e. The fourth-order valence-corrected chi connectivity index (χ4v) is 2.82. The monoisotopic (exact) mass is 295 g/mol. The standard InChI is InChI=1S/C12H11O2P.CH5N3.H2O/c13-15(14,11-7-3-1-4-8-11)12-9-5-2-6-10-12;2-1(3)4;/h1-10H,(H,13,14);(H5,2,3,4);1H2. The van der Waals surface area contributed by atoms with Gasteiger partial charge >= 0.3 is 5.96 Å². The van der Waals surface area contributed by atoms with Gasteiger partial charge in [-0.05, 0) is 0 Å². The molecule has 0 aliphatic rings. The molecule has 0 heterocycles. The Morgan fingerprint density at radius 2 is 1.15 bits per heavy atom. The normalized spacial score (nSPS) is 9.65. The summed E-state index contributed by atoms with van der Waals surface area (Å²) in [6, 6.07) is 16.9. The molecule has 2 aromatic carbocycles. The van der Waals surface area contributed by atoms with Gasteiger partial charge < -0.3 is 14.9 Å². The molecule has 0 saturated heterocycles. The zero-order valence-electron chi connectivity index (χ0n) is 10.8. The highest BCUT2D eigenvalue weighted by Gasteiger charge is 2.12. The third kappa shape index (κ3) is 5.24. The Hall–Kier alpha value is -2.14. The molecule has 0 unspecified atom stereocenters. The van der Waals surface area contributed by atoms with Crippen molar-refractivity contribution in [2.75, 3.05) is 0 Å². The third-order valence-corrected chi connectivity index (χ3v) is 4.15.